The number of imidazole rings is 1. The predicted molar refractivity (Wildman–Crippen MR) is 103 cm³/mol. The Morgan fingerprint density at radius 3 is 2.82 bits per heavy atom. The minimum Gasteiger partial charge on any atom is -0.381 e. The number of aromatic nitrogens is 2. The number of benzene rings is 1. The van der Waals surface area contributed by atoms with E-state index in [-0.39, 0.29) is 29.8 Å². The van der Waals surface area contributed by atoms with Gasteiger partial charge >= 0.3 is 0 Å². The maximum atomic E-state index is 13.2. The summed E-state index contributed by atoms with van der Waals surface area (Å²) in [5.74, 6) is -0.332. The molecule has 1 aromatic heterocycles. The van der Waals surface area contributed by atoms with Crippen LogP contribution in [0.2, 0.25) is 0 Å². The monoisotopic (exact) mass is 386 g/mol. The summed E-state index contributed by atoms with van der Waals surface area (Å²) in [6, 6.07) is 6.18. The summed E-state index contributed by atoms with van der Waals surface area (Å²) < 4.78 is 20.7. The van der Waals surface area contributed by atoms with Gasteiger partial charge < -0.3 is 19.9 Å². The van der Waals surface area contributed by atoms with Crippen molar-refractivity contribution in [2.24, 2.45) is 0 Å². The molecule has 4 rings (SSSR count). The van der Waals surface area contributed by atoms with E-state index < -0.39 is 0 Å². The van der Waals surface area contributed by atoms with Gasteiger partial charge in [0.25, 0.3) is 0 Å². The molecule has 0 aliphatic carbocycles. The van der Waals surface area contributed by atoms with Gasteiger partial charge in [-0.2, -0.15) is 0 Å². The summed E-state index contributed by atoms with van der Waals surface area (Å²) in [7, 11) is 0. The first-order chi connectivity index (χ1) is 13.6. The lowest BCUT2D eigenvalue weighted by Crippen LogP contribution is -2.51. The molecular formula is C21H27FN4O2. The molecule has 0 unspecified atom stereocenters. The van der Waals surface area contributed by atoms with Crippen LogP contribution in [0.1, 0.15) is 49.2 Å². The summed E-state index contributed by atoms with van der Waals surface area (Å²) in [5, 5.41) is 6.71. The molecule has 3 heterocycles. The number of ether oxygens (including phenoxy) is 1. The minimum absolute atomic E-state index is 0.0593. The molecule has 0 bridgehead atoms. The average Bonchev–Trinajstić information content (AvgIpc) is 3.12. The van der Waals surface area contributed by atoms with Gasteiger partial charge in [-0.1, -0.05) is 19.1 Å². The third kappa shape index (κ3) is 3.69. The van der Waals surface area contributed by atoms with Crippen molar-refractivity contribution < 1.29 is 13.9 Å². The Labute approximate surface area is 164 Å². The molecule has 1 saturated heterocycles. The largest absolute Gasteiger partial charge is 0.381 e. The highest BCUT2D eigenvalue weighted by atomic mass is 19.1. The van der Waals surface area contributed by atoms with Crippen molar-refractivity contribution in [1.82, 2.24) is 20.2 Å². The van der Waals surface area contributed by atoms with Gasteiger partial charge in [0.05, 0.1) is 23.6 Å². The van der Waals surface area contributed by atoms with E-state index in [0.29, 0.717) is 0 Å². The Morgan fingerprint density at radius 1 is 1.36 bits per heavy atom. The van der Waals surface area contributed by atoms with E-state index in [9.17, 15) is 9.18 Å². The number of hydrogen-bond donors (Lipinski definition) is 2. The summed E-state index contributed by atoms with van der Waals surface area (Å²) in [4.78, 5) is 17.4. The SMILES string of the molecule is CC[C@H](NC(=O)Cn1cnc2c1CCNC21CCOCC1)c1ccc(F)cc1. The molecule has 1 spiro atoms. The number of carbonyl (C=O) groups is 1. The highest BCUT2D eigenvalue weighted by Gasteiger charge is 2.40. The molecule has 1 aromatic carbocycles. The van der Waals surface area contributed by atoms with Crippen LogP contribution >= 0.6 is 0 Å². The number of nitrogens with zero attached hydrogens (tertiary/aromatic N) is 2. The summed E-state index contributed by atoms with van der Waals surface area (Å²) in [5.41, 5.74) is 3.01. The van der Waals surface area contributed by atoms with Crippen molar-refractivity contribution in [3.8, 4) is 0 Å². The number of hydrogen-bond acceptors (Lipinski definition) is 4. The van der Waals surface area contributed by atoms with Gasteiger partial charge in [-0.25, -0.2) is 9.37 Å². The lowest BCUT2D eigenvalue weighted by molar-refractivity contribution is -0.122. The van der Waals surface area contributed by atoms with Gasteiger partial charge in [0.1, 0.15) is 12.4 Å². The van der Waals surface area contributed by atoms with Gasteiger partial charge in [-0.05, 0) is 37.0 Å². The zero-order valence-corrected chi connectivity index (χ0v) is 16.2. The fourth-order valence-electron chi connectivity index (χ4n) is 4.35. The van der Waals surface area contributed by atoms with Crippen molar-refractivity contribution in [2.75, 3.05) is 19.8 Å². The van der Waals surface area contributed by atoms with E-state index in [2.05, 4.69) is 15.6 Å². The normalized spacial score (nSPS) is 19.2. The summed E-state index contributed by atoms with van der Waals surface area (Å²) in [6.07, 6.45) is 5.21. The highest BCUT2D eigenvalue weighted by molar-refractivity contribution is 5.76. The molecule has 0 radical (unpaired) electrons. The summed E-state index contributed by atoms with van der Waals surface area (Å²) in [6.45, 7) is 4.60. The highest BCUT2D eigenvalue weighted by Crippen LogP contribution is 2.35. The van der Waals surface area contributed by atoms with Gasteiger partial charge in [-0.15, -0.1) is 0 Å². The lowest BCUT2D eigenvalue weighted by atomic mass is 9.82. The van der Waals surface area contributed by atoms with Crippen LogP contribution in [-0.4, -0.2) is 35.2 Å². The Kier molecular flexibility index (Phi) is 5.46. The minimum atomic E-state index is -0.273. The predicted octanol–water partition coefficient (Wildman–Crippen LogP) is 2.44. The van der Waals surface area contributed by atoms with Crippen LogP contribution in [0.3, 0.4) is 0 Å². The van der Waals surface area contributed by atoms with Crippen molar-refractivity contribution in [3.05, 3.63) is 53.4 Å². The number of carbonyl (C=O) groups excluding carboxylic acids is 1. The number of fused-ring (bicyclic) bond motifs is 2. The lowest BCUT2D eigenvalue weighted by Gasteiger charge is -2.40. The molecule has 6 nitrogen and oxygen atoms in total. The Morgan fingerprint density at radius 2 is 2.11 bits per heavy atom. The Bertz CT molecular complexity index is 827. The van der Waals surface area contributed by atoms with E-state index >= 15 is 0 Å². The van der Waals surface area contributed by atoms with Gasteiger partial charge in [0.2, 0.25) is 5.91 Å². The Hall–Kier alpha value is -2.25. The molecule has 2 aliphatic heterocycles. The molecule has 2 N–H and O–H groups in total. The maximum Gasteiger partial charge on any atom is 0.240 e. The van der Waals surface area contributed by atoms with E-state index in [1.54, 1.807) is 18.5 Å². The first kappa shape index (κ1) is 19.1. The second-order valence-electron chi connectivity index (χ2n) is 7.62. The van der Waals surface area contributed by atoms with Gasteiger partial charge in [-0.3, -0.25) is 4.79 Å². The van der Waals surface area contributed by atoms with Crippen molar-refractivity contribution in [1.29, 1.82) is 0 Å². The van der Waals surface area contributed by atoms with Crippen LogP contribution in [0.25, 0.3) is 0 Å². The van der Waals surface area contributed by atoms with E-state index in [1.165, 1.54) is 12.1 Å². The quantitative estimate of drug-likeness (QED) is 0.828. The maximum absolute atomic E-state index is 13.2. The van der Waals surface area contributed by atoms with Crippen LogP contribution in [0, 0.1) is 5.82 Å². The van der Waals surface area contributed by atoms with Crippen LogP contribution in [-0.2, 0) is 28.0 Å². The topological polar surface area (TPSA) is 68.2 Å². The van der Waals surface area contributed by atoms with Crippen LogP contribution in [0.5, 0.6) is 0 Å². The molecule has 0 saturated carbocycles. The Balaban J connectivity index is 1.47. The van der Waals surface area contributed by atoms with Crippen LogP contribution < -0.4 is 10.6 Å². The first-order valence-corrected chi connectivity index (χ1v) is 10.0. The fraction of sp³-hybridized carbons (Fsp3) is 0.524. The molecule has 1 amide bonds. The standard InChI is InChI=1S/C21H27FN4O2/c1-2-17(15-3-5-16(22)6-4-15)25-19(27)13-26-14-23-20-18(26)7-10-24-21(20)8-11-28-12-9-21/h3-6,14,17,24H,2,7-13H2,1H3,(H,25,27)/t17-/m0/s1. The molecule has 1 atom stereocenters. The molecule has 1 fully saturated rings. The number of rotatable bonds is 5. The molecule has 2 aromatic rings. The van der Waals surface area contributed by atoms with Crippen LogP contribution in [0.15, 0.2) is 30.6 Å². The van der Waals surface area contributed by atoms with E-state index in [0.717, 1.165) is 62.4 Å². The number of nitrogens with one attached hydrogen (secondary N) is 2. The smallest absolute Gasteiger partial charge is 0.240 e. The van der Waals surface area contributed by atoms with Crippen molar-refractivity contribution in [2.45, 2.75) is 50.7 Å². The van der Waals surface area contributed by atoms with Crippen molar-refractivity contribution >= 4 is 5.91 Å². The van der Waals surface area contributed by atoms with Crippen molar-refractivity contribution in [3.63, 3.8) is 0 Å². The van der Waals surface area contributed by atoms with E-state index in [4.69, 9.17) is 4.74 Å². The average molecular weight is 386 g/mol. The molecule has 28 heavy (non-hydrogen) atoms. The van der Waals surface area contributed by atoms with E-state index in [1.807, 2.05) is 11.5 Å². The molecule has 150 valence electrons. The van der Waals surface area contributed by atoms with Crippen LogP contribution in [0.4, 0.5) is 4.39 Å². The third-order valence-electron chi connectivity index (χ3n) is 5.90. The third-order valence-corrected chi connectivity index (χ3v) is 5.90. The summed E-state index contributed by atoms with van der Waals surface area (Å²) >= 11 is 0. The molecular weight excluding hydrogens is 359 g/mol. The molecule has 7 heteroatoms. The molecule has 2 aliphatic rings. The van der Waals surface area contributed by atoms with Gasteiger partial charge in [0, 0.05) is 31.9 Å². The zero-order valence-electron chi connectivity index (χ0n) is 16.2. The second-order valence-corrected chi connectivity index (χ2v) is 7.62. The van der Waals surface area contributed by atoms with Gasteiger partial charge in [0.15, 0.2) is 0 Å². The zero-order chi connectivity index (χ0) is 19.6. The number of amides is 1. The second kappa shape index (κ2) is 8.01. The number of halogens is 1. The fourth-order valence-corrected chi connectivity index (χ4v) is 4.35. The first-order valence-electron chi connectivity index (χ1n) is 10.0.